The Balaban J connectivity index is 2.32. The Morgan fingerprint density at radius 3 is 2.73 bits per heavy atom. The van der Waals surface area contributed by atoms with Gasteiger partial charge in [0.05, 0.1) is 12.7 Å². The molecule has 1 heterocycles. The fourth-order valence-electron chi connectivity index (χ4n) is 1.30. The van der Waals surface area contributed by atoms with Gasteiger partial charge in [-0.25, -0.2) is 13.5 Å². The Kier molecular flexibility index (Phi) is 2.37. The number of benzene rings is 1. The smallest absolute Gasteiger partial charge is 0.128 e. The fraction of sp³-hybridized carbons (Fsp3) is 0.100. The number of nitrogens with zero attached hydrogens (tertiary/aromatic N) is 2. The molecule has 1 aromatic carbocycles. The van der Waals surface area contributed by atoms with E-state index in [1.807, 2.05) is 0 Å². The van der Waals surface area contributed by atoms with Crippen LogP contribution < -0.4 is 5.73 Å². The summed E-state index contributed by atoms with van der Waals surface area (Å²) < 4.78 is 27.5. The molecule has 15 heavy (non-hydrogen) atoms. The number of aromatic nitrogens is 2. The molecule has 0 saturated heterocycles. The Labute approximate surface area is 85.1 Å². The molecule has 0 unspecified atom stereocenters. The molecule has 0 aliphatic heterocycles. The molecule has 0 radical (unpaired) electrons. The molecule has 0 aliphatic carbocycles. The van der Waals surface area contributed by atoms with Crippen LogP contribution in [0, 0.1) is 11.6 Å². The van der Waals surface area contributed by atoms with Gasteiger partial charge in [-0.3, -0.25) is 0 Å². The van der Waals surface area contributed by atoms with Crippen LogP contribution >= 0.6 is 0 Å². The third-order valence-electron chi connectivity index (χ3n) is 2.08. The quantitative estimate of drug-likeness (QED) is 0.819. The van der Waals surface area contributed by atoms with Crippen LogP contribution in [0.25, 0.3) is 0 Å². The van der Waals surface area contributed by atoms with E-state index in [0.29, 0.717) is 5.82 Å². The third-order valence-corrected chi connectivity index (χ3v) is 2.08. The van der Waals surface area contributed by atoms with Gasteiger partial charge in [-0.1, -0.05) is 0 Å². The van der Waals surface area contributed by atoms with E-state index >= 15 is 0 Å². The highest BCUT2D eigenvalue weighted by Crippen LogP contribution is 2.12. The van der Waals surface area contributed by atoms with E-state index in [2.05, 4.69) is 5.10 Å². The van der Waals surface area contributed by atoms with Crippen molar-refractivity contribution in [1.29, 1.82) is 0 Å². The second-order valence-corrected chi connectivity index (χ2v) is 3.15. The van der Waals surface area contributed by atoms with E-state index in [1.54, 1.807) is 6.07 Å². The molecule has 5 heteroatoms. The van der Waals surface area contributed by atoms with Gasteiger partial charge >= 0.3 is 0 Å². The van der Waals surface area contributed by atoms with Crippen molar-refractivity contribution in [3.05, 3.63) is 47.7 Å². The first-order valence-corrected chi connectivity index (χ1v) is 4.38. The second-order valence-electron chi connectivity index (χ2n) is 3.15. The highest BCUT2D eigenvalue weighted by Gasteiger charge is 2.06. The maximum absolute atomic E-state index is 13.2. The highest BCUT2D eigenvalue weighted by molar-refractivity contribution is 5.28. The molecule has 0 spiro atoms. The van der Waals surface area contributed by atoms with E-state index in [1.165, 1.54) is 10.9 Å². The van der Waals surface area contributed by atoms with Crippen LogP contribution in [0.2, 0.25) is 0 Å². The second kappa shape index (κ2) is 3.68. The number of hydrogen-bond donors (Lipinski definition) is 1. The van der Waals surface area contributed by atoms with E-state index in [0.717, 1.165) is 18.2 Å². The lowest BCUT2D eigenvalue weighted by molar-refractivity contribution is 0.568. The number of rotatable bonds is 2. The van der Waals surface area contributed by atoms with E-state index in [4.69, 9.17) is 5.73 Å². The van der Waals surface area contributed by atoms with E-state index in [9.17, 15) is 8.78 Å². The van der Waals surface area contributed by atoms with Crippen LogP contribution in [0.4, 0.5) is 14.6 Å². The summed E-state index contributed by atoms with van der Waals surface area (Å²) in [7, 11) is 0. The first kappa shape index (κ1) is 9.64. The molecule has 0 saturated carbocycles. The van der Waals surface area contributed by atoms with E-state index in [-0.39, 0.29) is 12.1 Å². The van der Waals surface area contributed by atoms with Crippen molar-refractivity contribution in [2.75, 3.05) is 5.73 Å². The minimum atomic E-state index is -0.475. The summed E-state index contributed by atoms with van der Waals surface area (Å²) in [6, 6.07) is 4.89. The zero-order chi connectivity index (χ0) is 10.8. The molecule has 2 rings (SSSR count). The number of anilines is 1. The van der Waals surface area contributed by atoms with Gasteiger partial charge in [-0.15, -0.1) is 0 Å². The lowest BCUT2D eigenvalue weighted by Crippen LogP contribution is -2.07. The first-order valence-electron chi connectivity index (χ1n) is 4.38. The molecule has 0 fully saturated rings. The normalized spacial score (nSPS) is 10.5. The molecule has 78 valence electrons. The van der Waals surface area contributed by atoms with Crippen molar-refractivity contribution in [3.63, 3.8) is 0 Å². The van der Waals surface area contributed by atoms with Gasteiger partial charge < -0.3 is 5.73 Å². The molecule has 0 amide bonds. The molecule has 1 aromatic heterocycles. The maximum atomic E-state index is 13.2. The molecule has 0 bridgehead atoms. The first-order chi connectivity index (χ1) is 7.16. The van der Waals surface area contributed by atoms with Gasteiger partial charge in [0.2, 0.25) is 0 Å². The Morgan fingerprint density at radius 1 is 1.27 bits per heavy atom. The van der Waals surface area contributed by atoms with Gasteiger partial charge in [0, 0.05) is 5.56 Å². The zero-order valence-corrected chi connectivity index (χ0v) is 7.82. The van der Waals surface area contributed by atoms with Crippen molar-refractivity contribution in [3.8, 4) is 0 Å². The van der Waals surface area contributed by atoms with Crippen molar-refractivity contribution in [2.45, 2.75) is 6.54 Å². The average Bonchev–Trinajstić information content (AvgIpc) is 2.58. The summed E-state index contributed by atoms with van der Waals surface area (Å²) in [5.41, 5.74) is 5.79. The largest absolute Gasteiger partial charge is 0.384 e. The molecular weight excluding hydrogens is 200 g/mol. The maximum Gasteiger partial charge on any atom is 0.128 e. The number of halogens is 2. The van der Waals surface area contributed by atoms with Crippen molar-refractivity contribution < 1.29 is 8.78 Å². The number of nitrogen functional groups attached to an aromatic ring is 1. The summed E-state index contributed by atoms with van der Waals surface area (Å²) >= 11 is 0. The summed E-state index contributed by atoms with van der Waals surface area (Å²) in [5, 5.41) is 3.88. The topological polar surface area (TPSA) is 43.8 Å². The zero-order valence-electron chi connectivity index (χ0n) is 7.82. The minimum absolute atomic E-state index is 0.127. The molecule has 3 nitrogen and oxygen atoms in total. The van der Waals surface area contributed by atoms with Crippen LogP contribution in [0.3, 0.4) is 0 Å². The summed E-state index contributed by atoms with van der Waals surface area (Å²) in [5.74, 6) is -0.526. The highest BCUT2D eigenvalue weighted by atomic mass is 19.1. The van der Waals surface area contributed by atoms with Crippen LogP contribution in [0.1, 0.15) is 5.56 Å². The van der Waals surface area contributed by atoms with Gasteiger partial charge in [-0.2, -0.15) is 5.10 Å². The van der Waals surface area contributed by atoms with E-state index < -0.39 is 11.6 Å². The SMILES string of the molecule is Nc1ccnn1Cc1cc(F)ccc1F. The van der Waals surface area contributed by atoms with Crippen LogP contribution in [-0.4, -0.2) is 9.78 Å². The van der Waals surface area contributed by atoms with Gasteiger partial charge in [-0.05, 0) is 24.3 Å². The Hall–Kier alpha value is -1.91. The van der Waals surface area contributed by atoms with Gasteiger partial charge in [0.1, 0.15) is 17.5 Å². The minimum Gasteiger partial charge on any atom is -0.384 e. The van der Waals surface area contributed by atoms with Crippen molar-refractivity contribution in [2.24, 2.45) is 0 Å². The third kappa shape index (κ3) is 1.96. The summed E-state index contributed by atoms with van der Waals surface area (Å²) in [4.78, 5) is 0. The van der Waals surface area contributed by atoms with Crippen molar-refractivity contribution in [1.82, 2.24) is 9.78 Å². The van der Waals surface area contributed by atoms with Gasteiger partial charge in [0.25, 0.3) is 0 Å². The molecular formula is C10H9F2N3. The van der Waals surface area contributed by atoms with Crippen LogP contribution in [-0.2, 0) is 6.54 Å². The molecule has 2 aromatic rings. The lowest BCUT2D eigenvalue weighted by Gasteiger charge is -2.05. The summed E-state index contributed by atoms with van der Waals surface area (Å²) in [6.07, 6.45) is 1.51. The average molecular weight is 209 g/mol. The van der Waals surface area contributed by atoms with Crippen molar-refractivity contribution >= 4 is 5.82 Å². The molecule has 2 N–H and O–H groups in total. The Morgan fingerprint density at radius 2 is 2.07 bits per heavy atom. The standard InChI is InChI=1S/C10H9F2N3/c11-8-1-2-9(12)7(5-8)6-15-10(13)3-4-14-15/h1-5H,6,13H2. The van der Waals surface area contributed by atoms with Crippen LogP contribution in [0.15, 0.2) is 30.5 Å². The Bertz CT molecular complexity index is 479. The monoisotopic (exact) mass is 209 g/mol. The summed E-state index contributed by atoms with van der Waals surface area (Å²) in [6.45, 7) is 0.127. The molecule has 0 atom stereocenters. The number of hydrogen-bond acceptors (Lipinski definition) is 2. The van der Waals surface area contributed by atoms with Gasteiger partial charge in [0.15, 0.2) is 0 Å². The van der Waals surface area contributed by atoms with Crippen LogP contribution in [0.5, 0.6) is 0 Å². The predicted octanol–water partition coefficient (Wildman–Crippen LogP) is 1.79. The molecule has 0 aliphatic rings. The lowest BCUT2D eigenvalue weighted by atomic mass is 10.2. The fourth-order valence-corrected chi connectivity index (χ4v) is 1.30. The number of nitrogens with two attached hydrogens (primary N) is 1. The predicted molar refractivity (Wildman–Crippen MR) is 52.1 cm³/mol.